The van der Waals surface area contributed by atoms with Gasteiger partial charge in [-0.3, -0.25) is 9.36 Å². The number of likely N-dealkylation sites (N-methyl/N-ethyl adjacent to an activating group) is 1. The number of aliphatic hydroxyl groups excluding tert-OH is 2. The van der Waals surface area contributed by atoms with Gasteiger partial charge in [0.15, 0.2) is 0 Å². The Morgan fingerprint density at radius 2 is 1.15 bits per heavy atom. The van der Waals surface area contributed by atoms with Crippen LogP contribution in [0.25, 0.3) is 0 Å². The van der Waals surface area contributed by atoms with Crippen molar-refractivity contribution in [2.24, 2.45) is 0 Å². The average molecular weight is 783 g/mol. The van der Waals surface area contributed by atoms with Crippen LogP contribution in [0.5, 0.6) is 0 Å². The third-order valence-electron chi connectivity index (χ3n) is 9.37. The third-order valence-corrected chi connectivity index (χ3v) is 10.3. The van der Waals surface area contributed by atoms with Gasteiger partial charge < -0.3 is 34.0 Å². The number of carbonyl (C=O) groups excluding carboxylic acids is 1. The molecule has 10 heteroatoms. The van der Waals surface area contributed by atoms with E-state index in [2.05, 4.69) is 60.8 Å². The molecule has 1 unspecified atom stereocenters. The van der Waals surface area contributed by atoms with Crippen molar-refractivity contribution in [3.05, 3.63) is 48.6 Å². The van der Waals surface area contributed by atoms with E-state index in [0.717, 1.165) is 70.6 Å². The van der Waals surface area contributed by atoms with Gasteiger partial charge in [-0.2, -0.15) is 0 Å². The number of hydrogen-bond acceptors (Lipinski definition) is 7. The standard InChI is InChI=1S/C44H83N2O7P/c1-5-6-7-8-9-10-11-12-18-21-24-27-30-33-36-43(48)42(41-53-54(50,51)52-40-38-46(2,3)4)45-44(49)37-34-31-28-25-22-19-16-14-13-15-17-20-23-26-29-32-35-39-47/h13,15-16,19-20,23,25,28,42-43,47-48H,5-12,14,17-18,21-22,24,26-27,29-41H2,1-4H3,(H-,45,49,50,51)/b15-13-,19-16-,23-20-,28-25-/t42-,43+/m0/s1. The Bertz CT molecular complexity index is 1020. The number of allylic oxidation sites excluding steroid dienone is 8. The molecule has 0 heterocycles. The van der Waals surface area contributed by atoms with Crippen molar-refractivity contribution < 1.29 is 38.0 Å². The zero-order valence-corrected chi connectivity index (χ0v) is 36.0. The Hall–Kier alpha value is -1.58. The minimum Gasteiger partial charge on any atom is -0.756 e. The van der Waals surface area contributed by atoms with Crippen LogP contribution in [0.4, 0.5) is 0 Å². The van der Waals surface area contributed by atoms with E-state index < -0.39 is 20.0 Å². The highest BCUT2D eigenvalue weighted by Crippen LogP contribution is 2.38. The topological polar surface area (TPSA) is 128 Å². The lowest BCUT2D eigenvalue weighted by atomic mass is 10.0. The number of rotatable bonds is 39. The summed E-state index contributed by atoms with van der Waals surface area (Å²) in [6.07, 6.45) is 42.7. The Balaban J connectivity index is 4.50. The molecule has 0 rings (SSSR count). The molecular formula is C44H83N2O7P. The fourth-order valence-corrected chi connectivity index (χ4v) is 6.62. The summed E-state index contributed by atoms with van der Waals surface area (Å²) in [6.45, 7) is 2.67. The molecule has 0 aromatic heterocycles. The molecule has 0 fully saturated rings. The number of carbonyl (C=O) groups is 1. The fourth-order valence-electron chi connectivity index (χ4n) is 5.89. The van der Waals surface area contributed by atoms with Crippen LogP contribution in [0.15, 0.2) is 48.6 Å². The van der Waals surface area contributed by atoms with Crippen LogP contribution in [0, 0.1) is 0 Å². The molecule has 3 atom stereocenters. The molecule has 1 amide bonds. The molecule has 0 aliphatic rings. The highest BCUT2D eigenvalue weighted by Gasteiger charge is 2.24. The summed E-state index contributed by atoms with van der Waals surface area (Å²) in [7, 11) is 1.25. The van der Waals surface area contributed by atoms with Crippen LogP contribution < -0.4 is 10.2 Å². The number of aliphatic hydroxyl groups is 2. The number of phosphoric ester groups is 1. The quantitative estimate of drug-likeness (QED) is 0.0245. The maximum absolute atomic E-state index is 12.8. The summed E-state index contributed by atoms with van der Waals surface area (Å²) in [5.41, 5.74) is 0. The second-order valence-corrected chi connectivity index (χ2v) is 17.2. The van der Waals surface area contributed by atoms with E-state index in [9.17, 15) is 19.4 Å². The van der Waals surface area contributed by atoms with Crippen LogP contribution in [-0.4, -0.2) is 80.3 Å². The van der Waals surface area contributed by atoms with Gasteiger partial charge in [0.1, 0.15) is 13.2 Å². The number of quaternary nitrogens is 1. The van der Waals surface area contributed by atoms with E-state index >= 15 is 0 Å². The Morgan fingerprint density at radius 3 is 1.65 bits per heavy atom. The molecule has 0 aromatic rings. The average Bonchev–Trinajstić information content (AvgIpc) is 3.12. The van der Waals surface area contributed by atoms with Gasteiger partial charge in [-0.15, -0.1) is 0 Å². The van der Waals surface area contributed by atoms with Crippen molar-refractivity contribution >= 4 is 13.7 Å². The molecule has 0 radical (unpaired) electrons. The molecule has 54 heavy (non-hydrogen) atoms. The molecule has 0 aromatic carbocycles. The summed E-state index contributed by atoms with van der Waals surface area (Å²) in [4.78, 5) is 25.3. The largest absolute Gasteiger partial charge is 0.756 e. The summed E-state index contributed by atoms with van der Waals surface area (Å²) in [6, 6.07) is -0.836. The molecule has 0 saturated heterocycles. The van der Waals surface area contributed by atoms with Gasteiger partial charge in [0, 0.05) is 13.0 Å². The number of nitrogens with zero attached hydrogens (tertiary/aromatic N) is 1. The molecule has 0 bridgehead atoms. The second kappa shape index (κ2) is 37.0. The van der Waals surface area contributed by atoms with Crippen molar-refractivity contribution in [2.75, 3.05) is 47.5 Å². The van der Waals surface area contributed by atoms with Crippen LogP contribution >= 0.6 is 7.82 Å². The lowest BCUT2D eigenvalue weighted by Crippen LogP contribution is -2.46. The number of hydrogen-bond donors (Lipinski definition) is 3. The Kier molecular flexibility index (Phi) is 35.9. The first-order valence-electron chi connectivity index (χ1n) is 21.6. The van der Waals surface area contributed by atoms with E-state index in [1.165, 1.54) is 70.6 Å². The van der Waals surface area contributed by atoms with E-state index in [-0.39, 0.29) is 32.1 Å². The van der Waals surface area contributed by atoms with E-state index in [1.807, 2.05) is 21.1 Å². The van der Waals surface area contributed by atoms with Crippen LogP contribution in [-0.2, 0) is 18.4 Å². The monoisotopic (exact) mass is 783 g/mol. The van der Waals surface area contributed by atoms with Crippen molar-refractivity contribution in [3.8, 4) is 0 Å². The minimum absolute atomic E-state index is 0.00467. The zero-order chi connectivity index (χ0) is 40.0. The van der Waals surface area contributed by atoms with Crippen molar-refractivity contribution in [2.45, 2.75) is 180 Å². The molecule has 3 N–H and O–H groups in total. The number of phosphoric acid groups is 1. The lowest BCUT2D eigenvalue weighted by Gasteiger charge is -2.30. The van der Waals surface area contributed by atoms with E-state index in [1.54, 1.807) is 0 Å². The van der Waals surface area contributed by atoms with Crippen LogP contribution in [0.3, 0.4) is 0 Å². The van der Waals surface area contributed by atoms with Gasteiger partial charge in [-0.25, -0.2) is 0 Å². The van der Waals surface area contributed by atoms with Crippen molar-refractivity contribution in [3.63, 3.8) is 0 Å². The molecule has 0 spiro atoms. The highest BCUT2D eigenvalue weighted by molar-refractivity contribution is 7.45. The predicted molar refractivity (Wildman–Crippen MR) is 225 cm³/mol. The molecule has 316 valence electrons. The van der Waals surface area contributed by atoms with Crippen molar-refractivity contribution in [1.29, 1.82) is 0 Å². The van der Waals surface area contributed by atoms with Gasteiger partial charge in [-0.1, -0.05) is 152 Å². The van der Waals surface area contributed by atoms with Gasteiger partial charge in [0.2, 0.25) is 5.91 Å². The maximum Gasteiger partial charge on any atom is 0.268 e. The fraction of sp³-hybridized carbons (Fsp3) is 0.795. The Morgan fingerprint density at radius 1 is 0.685 bits per heavy atom. The molecule has 9 nitrogen and oxygen atoms in total. The molecule has 0 saturated carbocycles. The Labute approximate surface area is 332 Å². The molecular weight excluding hydrogens is 699 g/mol. The lowest BCUT2D eigenvalue weighted by molar-refractivity contribution is -0.870. The van der Waals surface area contributed by atoms with Gasteiger partial charge >= 0.3 is 0 Å². The van der Waals surface area contributed by atoms with Crippen LogP contribution in [0.1, 0.15) is 167 Å². The molecule has 0 aliphatic heterocycles. The minimum atomic E-state index is -4.58. The van der Waals surface area contributed by atoms with Crippen LogP contribution in [0.2, 0.25) is 0 Å². The SMILES string of the molecule is CCCCCCCCCCCCCCCC[C@@H](O)[C@H](COP(=O)([O-])OCC[N+](C)(C)C)NC(=O)CCC/C=C\C/C=C\C/C=C\C/C=C\CCCCCO. The normalized spacial score (nSPS) is 14.9. The first-order chi connectivity index (χ1) is 26.0. The van der Waals surface area contributed by atoms with Gasteiger partial charge in [0.05, 0.1) is 39.9 Å². The first kappa shape index (κ1) is 52.4. The summed E-state index contributed by atoms with van der Waals surface area (Å²) in [5, 5.41) is 22.6. The number of nitrogens with one attached hydrogen (secondary N) is 1. The summed E-state index contributed by atoms with van der Waals surface area (Å²) < 4.78 is 23.2. The van der Waals surface area contributed by atoms with Crippen molar-refractivity contribution in [1.82, 2.24) is 5.32 Å². The predicted octanol–water partition coefficient (Wildman–Crippen LogP) is 10.0. The van der Waals surface area contributed by atoms with E-state index in [4.69, 9.17) is 14.2 Å². The first-order valence-corrected chi connectivity index (χ1v) is 23.1. The number of amides is 1. The smallest absolute Gasteiger partial charge is 0.268 e. The summed E-state index contributed by atoms with van der Waals surface area (Å²) in [5.74, 6) is -0.230. The number of unbranched alkanes of at least 4 members (excludes halogenated alkanes) is 17. The zero-order valence-electron chi connectivity index (χ0n) is 35.1. The van der Waals surface area contributed by atoms with Gasteiger partial charge in [-0.05, 0) is 57.8 Å². The maximum atomic E-state index is 12.8. The summed E-state index contributed by atoms with van der Waals surface area (Å²) >= 11 is 0. The highest BCUT2D eigenvalue weighted by atomic mass is 31.2. The molecule has 0 aliphatic carbocycles. The van der Waals surface area contributed by atoms with Gasteiger partial charge in [0.25, 0.3) is 7.82 Å². The van der Waals surface area contributed by atoms with E-state index in [0.29, 0.717) is 23.9 Å². The third kappa shape index (κ3) is 38.7. The second-order valence-electron chi connectivity index (χ2n) is 15.8.